The Labute approximate surface area is 203 Å². The van der Waals surface area contributed by atoms with E-state index in [1.807, 2.05) is 12.1 Å². The lowest BCUT2D eigenvalue weighted by molar-refractivity contribution is 0.242. The third-order valence-corrected chi connectivity index (χ3v) is 6.23. The second kappa shape index (κ2) is 11.9. The third kappa shape index (κ3) is 6.68. The molecule has 0 amide bonds. The second-order valence-corrected chi connectivity index (χ2v) is 8.58. The molecular formula is C24H36IN5O. The van der Waals surface area contributed by atoms with Crippen LogP contribution in [0.25, 0.3) is 11.5 Å². The van der Waals surface area contributed by atoms with Crippen molar-refractivity contribution in [2.45, 2.75) is 64.5 Å². The average Bonchev–Trinajstić information content (AvgIpc) is 3.50. The molecule has 2 aliphatic rings. The molecule has 1 aliphatic carbocycles. The van der Waals surface area contributed by atoms with Gasteiger partial charge < -0.3 is 15.1 Å². The fourth-order valence-electron chi connectivity index (χ4n) is 4.55. The van der Waals surface area contributed by atoms with Crippen molar-refractivity contribution < 1.29 is 4.42 Å². The van der Waals surface area contributed by atoms with E-state index >= 15 is 0 Å². The maximum atomic E-state index is 5.67. The molecule has 2 N–H and O–H groups in total. The highest BCUT2D eigenvalue weighted by atomic mass is 127. The zero-order valence-corrected chi connectivity index (χ0v) is 21.1. The highest BCUT2D eigenvalue weighted by molar-refractivity contribution is 14.0. The molecule has 1 saturated heterocycles. The largest absolute Gasteiger partial charge is 0.444 e. The SMILES string of the molecule is CCNC(=NCCc1coc(-c2ccc(C)cc2)n1)NC1CCN(C2CCCC2)C1.I. The van der Waals surface area contributed by atoms with E-state index < -0.39 is 0 Å². The summed E-state index contributed by atoms with van der Waals surface area (Å²) < 4.78 is 5.67. The minimum atomic E-state index is 0. The summed E-state index contributed by atoms with van der Waals surface area (Å²) in [6, 6.07) is 9.55. The van der Waals surface area contributed by atoms with Crippen LogP contribution >= 0.6 is 24.0 Å². The number of halogens is 1. The van der Waals surface area contributed by atoms with Crippen LogP contribution in [0.2, 0.25) is 0 Å². The third-order valence-electron chi connectivity index (χ3n) is 6.23. The molecule has 170 valence electrons. The normalized spacial score (nSPS) is 20.1. The number of rotatable bonds is 7. The van der Waals surface area contributed by atoms with Crippen LogP contribution in [0.5, 0.6) is 0 Å². The van der Waals surface area contributed by atoms with Gasteiger partial charge in [0.25, 0.3) is 0 Å². The summed E-state index contributed by atoms with van der Waals surface area (Å²) in [7, 11) is 0. The van der Waals surface area contributed by atoms with Gasteiger partial charge in [0.1, 0.15) is 6.26 Å². The molecule has 0 spiro atoms. The summed E-state index contributed by atoms with van der Waals surface area (Å²) in [4.78, 5) is 12.1. The smallest absolute Gasteiger partial charge is 0.226 e. The number of nitrogens with zero attached hydrogens (tertiary/aromatic N) is 3. The molecule has 4 rings (SSSR count). The first-order valence-corrected chi connectivity index (χ1v) is 11.5. The van der Waals surface area contributed by atoms with Crippen molar-refractivity contribution in [1.82, 2.24) is 20.5 Å². The number of hydrogen-bond acceptors (Lipinski definition) is 4. The quantitative estimate of drug-likeness (QED) is 0.312. The topological polar surface area (TPSA) is 65.7 Å². The number of benzene rings is 1. The molecular weight excluding hydrogens is 501 g/mol. The Balaban J connectivity index is 0.00000272. The van der Waals surface area contributed by atoms with Gasteiger partial charge in [-0.25, -0.2) is 4.98 Å². The predicted octanol–water partition coefficient (Wildman–Crippen LogP) is 4.38. The highest BCUT2D eigenvalue weighted by Gasteiger charge is 2.30. The van der Waals surface area contributed by atoms with Crippen molar-refractivity contribution in [1.29, 1.82) is 0 Å². The number of guanidine groups is 1. The summed E-state index contributed by atoms with van der Waals surface area (Å²) in [6.07, 6.45) is 9.27. The van der Waals surface area contributed by atoms with Crippen LogP contribution in [-0.4, -0.2) is 54.1 Å². The van der Waals surface area contributed by atoms with Gasteiger partial charge in [-0.1, -0.05) is 30.5 Å². The molecule has 0 bridgehead atoms. The predicted molar refractivity (Wildman–Crippen MR) is 137 cm³/mol. The number of oxazole rings is 1. The van der Waals surface area contributed by atoms with Crippen LogP contribution in [0.3, 0.4) is 0 Å². The molecule has 31 heavy (non-hydrogen) atoms. The Kier molecular flexibility index (Phi) is 9.19. The number of aromatic nitrogens is 1. The first kappa shape index (κ1) is 24.0. The monoisotopic (exact) mass is 537 g/mol. The number of hydrogen-bond donors (Lipinski definition) is 2. The van der Waals surface area contributed by atoms with Crippen molar-refractivity contribution >= 4 is 29.9 Å². The van der Waals surface area contributed by atoms with Crippen molar-refractivity contribution in [3.05, 3.63) is 41.8 Å². The molecule has 1 saturated carbocycles. The lowest BCUT2D eigenvalue weighted by atomic mass is 10.1. The van der Waals surface area contributed by atoms with Gasteiger partial charge in [-0.05, 0) is 45.2 Å². The van der Waals surface area contributed by atoms with Crippen LogP contribution in [0, 0.1) is 6.92 Å². The van der Waals surface area contributed by atoms with Crippen LogP contribution in [0.4, 0.5) is 0 Å². The van der Waals surface area contributed by atoms with E-state index in [-0.39, 0.29) is 24.0 Å². The number of nitrogens with one attached hydrogen (secondary N) is 2. The van der Waals surface area contributed by atoms with E-state index in [1.165, 1.54) is 44.2 Å². The van der Waals surface area contributed by atoms with Gasteiger partial charge in [-0.2, -0.15) is 0 Å². The summed E-state index contributed by atoms with van der Waals surface area (Å²) in [6.45, 7) is 8.10. The molecule has 6 nitrogen and oxygen atoms in total. The van der Waals surface area contributed by atoms with E-state index in [1.54, 1.807) is 6.26 Å². The van der Waals surface area contributed by atoms with Gasteiger partial charge in [-0.15, -0.1) is 24.0 Å². The zero-order chi connectivity index (χ0) is 20.8. The summed E-state index contributed by atoms with van der Waals surface area (Å²) in [5.74, 6) is 1.59. The minimum absolute atomic E-state index is 0. The van der Waals surface area contributed by atoms with Crippen molar-refractivity contribution in [2.24, 2.45) is 4.99 Å². The Morgan fingerprint density at radius 1 is 1.19 bits per heavy atom. The Morgan fingerprint density at radius 3 is 2.71 bits per heavy atom. The van der Waals surface area contributed by atoms with Gasteiger partial charge in [0.2, 0.25) is 5.89 Å². The van der Waals surface area contributed by atoms with Crippen LogP contribution in [-0.2, 0) is 6.42 Å². The molecule has 1 aromatic heterocycles. The Bertz CT molecular complexity index is 829. The maximum absolute atomic E-state index is 5.67. The lowest BCUT2D eigenvalue weighted by Crippen LogP contribution is -2.45. The Morgan fingerprint density at radius 2 is 1.97 bits per heavy atom. The molecule has 2 fully saturated rings. The van der Waals surface area contributed by atoms with Gasteiger partial charge in [0.15, 0.2) is 5.96 Å². The summed E-state index contributed by atoms with van der Waals surface area (Å²) >= 11 is 0. The van der Waals surface area contributed by atoms with Gasteiger partial charge in [0.05, 0.1) is 5.69 Å². The molecule has 7 heteroatoms. The molecule has 2 heterocycles. The standard InChI is InChI=1S/C24H35N5O.HI/c1-3-25-24(28-20-13-15-29(16-20)22-6-4-5-7-22)26-14-12-21-17-30-23(27-21)19-10-8-18(2)9-11-19;/h8-11,17,20,22H,3-7,12-16H2,1-2H3,(H2,25,26,28);1H. The molecule has 0 radical (unpaired) electrons. The van der Waals surface area contributed by atoms with Gasteiger partial charge in [-0.3, -0.25) is 9.89 Å². The number of likely N-dealkylation sites (tertiary alicyclic amines) is 1. The molecule has 1 aromatic carbocycles. The maximum Gasteiger partial charge on any atom is 0.226 e. The minimum Gasteiger partial charge on any atom is -0.444 e. The van der Waals surface area contributed by atoms with Crippen LogP contribution < -0.4 is 10.6 Å². The first-order valence-electron chi connectivity index (χ1n) is 11.5. The summed E-state index contributed by atoms with van der Waals surface area (Å²) in [5.41, 5.74) is 3.19. The van der Waals surface area contributed by atoms with E-state index in [2.05, 4.69) is 46.5 Å². The van der Waals surface area contributed by atoms with Crippen LogP contribution in [0.15, 0.2) is 39.9 Å². The van der Waals surface area contributed by atoms with E-state index in [9.17, 15) is 0 Å². The second-order valence-electron chi connectivity index (χ2n) is 8.58. The summed E-state index contributed by atoms with van der Waals surface area (Å²) in [5, 5.41) is 7.04. The van der Waals surface area contributed by atoms with Crippen molar-refractivity contribution in [3.63, 3.8) is 0 Å². The fourth-order valence-corrected chi connectivity index (χ4v) is 4.55. The highest BCUT2D eigenvalue weighted by Crippen LogP contribution is 2.26. The molecule has 1 atom stereocenters. The number of aryl methyl sites for hydroxylation is 1. The van der Waals surface area contributed by atoms with Crippen LogP contribution in [0.1, 0.15) is 50.3 Å². The Hall–Kier alpha value is -1.61. The van der Waals surface area contributed by atoms with Gasteiger partial charge >= 0.3 is 0 Å². The van der Waals surface area contributed by atoms with E-state index in [0.29, 0.717) is 18.5 Å². The fraction of sp³-hybridized carbons (Fsp3) is 0.583. The van der Waals surface area contributed by atoms with Crippen molar-refractivity contribution in [2.75, 3.05) is 26.2 Å². The molecule has 1 aliphatic heterocycles. The van der Waals surface area contributed by atoms with Gasteiger partial charge in [0, 0.05) is 50.2 Å². The average molecular weight is 537 g/mol. The van der Waals surface area contributed by atoms with Crippen molar-refractivity contribution in [3.8, 4) is 11.5 Å². The van der Waals surface area contributed by atoms with E-state index in [4.69, 9.17) is 9.41 Å². The zero-order valence-electron chi connectivity index (χ0n) is 18.8. The van der Waals surface area contributed by atoms with E-state index in [0.717, 1.165) is 42.8 Å². The lowest BCUT2D eigenvalue weighted by Gasteiger charge is -2.24. The molecule has 1 unspecified atom stereocenters. The molecule has 2 aromatic rings. The number of aliphatic imine (C=N–C) groups is 1. The first-order chi connectivity index (χ1) is 14.7.